The van der Waals surface area contributed by atoms with Crippen molar-refractivity contribution in [2.45, 2.75) is 19.4 Å². The molecule has 0 aliphatic rings. The first-order chi connectivity index (χ1) is 13.8. The molecule has 3 aromatic heterocycles. The Bertz CT molecular complexity index is 1190. The number of fused-ring (bicyclic) bond motifs is 1. The summed E-state index contributed by atoms with van der Waals surface area (Å²) in [5.41, 5.74) is 1.17. The molecule has 0 unspecified atom stereocenters. The Balaban J connectivity index is 1.55. The molecule has 0 fully saturated rings. The summed E-state index contributed by atoms with van der Waals surface area (Å²) in [6.07, 6.45) is 3.19. The molecule has 0 saturated carbocycles. The average molecular weight is 392 g/mol. The fraction of sp³-hybridized carbons (Fsp3) is 0.200. The zero-order valence-electron chi connectivity index (χ0n) is 16.2. The minimum absolute atomic E-state index is 0.116. The number of nitrogens with zero attached hydrogens (tertiary/aromatic N) is 3. The van der Waals surface area contributed by atoms with E-state index in [9.17, 15) is 9.59 Å². The number of benzene rings is 1. The fourth-order valence-corrected chi connectivity index (χ4v) is 3.03. The Labute approximate surface area is 166 Å². The van der Waals surface area contributed by atoms with Crippen LogP contribution in [0.4, 0.5) is 5.82 Å². The quantitative estimate of drug-likeness (QED) is 0.483. The molecule has 29 heavy (non-hydrogen) atoms. The van der Waals surface area contributed by atoms with Crippen molar-refractivity contribution in [3.8, 4) is 0 Å². The summed E-state index contributed by atoms with van der Waals surface area (Å²) in [5.74, 6) is -0.266. The summed E-state index contributed by atoms with van der Waals surface area (Å²) in [7, 11) is 1.71. The van der Waals surface area contributed by atoms with Crippen LogP contribution in [0.3, 0.4) is 0 Å². The number of aromatic nitrogens is 4. The third kappa shape index (κ3) is 3.49. The van der Waals surface area contributed by atoms with E-state index in [1.54, 1.807) is 23.9 Å². The fourth-order valence-electron chi connectivity index (χ4n) is 3.03. The number of carbonyl (C=O) groups is 2. The smallest absolute Gasteiger partial charge is 0.292 e. The van der Waals surface area contributed by atoms with Gasteiger partial charge in [0.25, 0.3) is 11.8 Å². The predicted octanol–water partition coefficient (Wildman–Crippen LogP) is 2.81. The number of furan rings is 1. The molecular weight excluding hydrogens is 372 g/mol. The SMILES string of the molecule is Cn1ccnc1C(=O)Nc1n[nH]c2cc(C(=O)NC(C)(C)c3ccccc3)oc12. The second-order valence-corrected chi connectivity index (χ2v) is 7.19. The first-order valence-electron chi connectivity index (χ1n) is 9.00. The van der Waals surface area contributed by atoms with Crippen LogP contribution in [0, 0.1) is 0 Å². The van der Waals surface area contributed by atoms with Gasteiger partial charge in [-0.15, -0.1) is 0 Å². The van der Waals surface area contributed by atoms with Gasteiger partial charge < -0.3 is 14.3 Å². The zero-order chi connectivity index (χ0) is 20.6. The molecule has 3 N–H and O–H groups in total. The first kappa shape index (κ1) is 18.5. The van der Waals surface area contributed by atoms with E-state index in [-0.39, 0.29) is 28.9 Å². The molecule has 9 nitrogen and oxygen atoms in total. The van der Waals surface area contributed by atoms with Gasteiger partial charge in [-0.2, -0.15) is 5.10 Å². The van der Waals surface area contributed by atoms with Gasteiger partial charge >= 0.3 is 0 Å². The number of hydrogen-bond acceptors (Lipinski definition) is 5. The molecule has 2 amide bonds. The molecule has 0 aliphatic carbocycles. The minimum atomic E-state index is -0.591. The Morgan fingerprint density at radius 1 is 1.17 bits per heavy atom. The number of hydrogen-bond donors (Lipinski definition) is 3. The number of amides is 2. The normalized spacial score (nSPS) is 11.6. The van der Waals surface area contributed by atoms with E-state index in [4.69, 9.17) is 4.42 Å². The number of anilines is 1. The van der Waals surface area contributed by atoms with Crippen LogP contribution in [-0.2, 0) is 12.6 Å². The van der Waals surface area contributed by atoms with Crippen LogP contribution in [0.2, 0.25) is 0 Å². The molecule has 3 heterocycles. The van der Waals surface area contributed by atoms with Gasteiger partial charge in [0, 0.05) is 25.5 Å². The number of aryl methyl sites for hydroxylation is 1. The summed E-state index contributed by atoms with van der Waals surface area (Å²) >= 11 is 0. The summed E-state index contributed by atoms with van der Waals surface area (Å²) in [4.78, 5) is 29.1. The number of carbonyl (C=O) groups excluding carboxylic acids is 2. The Morgan fingerprint density at radius 2 is 1.93 bits per heavy atom. The Hall–Kier alpha value is -3.88. The number of H-pyrrole nitrogens is 1. The number of imidazole rings is 1. The lowest BCUT2D eigenvalue weighted by Gasteiger charge is -2.26. The van der Waals surface area contributed by atoms with E-state index >= 15 is 0 Å². The molecule has 0 radical (unpaired) electrons. The van der Waals surface area contributed by atoms with E-state index < -0.39 is 11.4 Å². The van der Waals surface area contributed by atoms with E-state index in [2.05, 4.69) is 25.8 Å². The maximum Gasteiger partial charge on any atom is 0.292 e. The van der Waals surface area contributed by atoms with Crippen molar-refractivity contribution >= 4 is 28.7 Å². The van der Waals surface area contributed by atoms with E-state index in [0.29, 0.717) is 5.52 Å². The van der Waals surface area contributed by atoms with Gasteiger partial charge in [0.05, 0.1) is 5.54 Å². The molecule has 148 valence electrons. The largest absolute Gasteiger partial charge is 0.445 e. The molecule has 0 spiro atoms. The van der Waals surface area contributed by atoms with Gasteiger partial charge in [-0.3, -0.25) is 20.0 Å². The average Bonchev–Trinajstić information content (AvgIpc) is 3.39. The number of rotatable bonds is 5. The third-order valence-electron chi connectivity index (χ3n) is 4.64. The Kier molecular flexibility index (Phi) is 4.42. The van der Waals surface area contributed by atoms with Gasteiger partial charge in [0.2, 0.25) is 0 Å². The maximum absolute atomic E-state index is 12.7. The maximum atomic E-state index is 12.7. The van der Waals surface area contributed by atoms with Crippen LogP contribution < -0.4 is 10.6 Å². The zero-order valence-corrected chi connectivity index (χ0v) is 16.2. The summed E-state index contributed by atoms with van der Waals surface area (Å²) in [6.45, 7) is 3.82. The highest BCUT2D eigenvalue weighted by molar-refractivity contribution is 6.06. The number of aromatic amines is 1. The van der Waals surface area contributed by atoms with Crippen molar-refractivity contribution in [2.24, 2.45) is 7.05 Å². The van der Waals surface area contributed by atoms with Crippen molar-refractivity contribution in [1.82, 2.24) is 25.1 Å². The van der Waals surface area contributed by atoms with Gasteiger partial charge in [-0.25, -0.2) is 4.98 Å². The van der Waals surface area contributed by atoms with Crippen LogP contribution in [-0.4, -0.2) is 31.6 Å². The van der Waals surface area contributed by atoms with Crippen LogP contribution >= 0.6 is 0 Å². The van der Waals surface area contributed by atoms with Crippen LogP contribution in [0.5, 0.6) is 0 Å². The second-order valence-electron chi connectivity index (χ2n) is 7.19. The van der Waals surface area contributed by atoms with Crippen molar-refractivity contribution in [3.05, 3.63) is 65.9 Å². The molecule has 0 bridgehead atoms. The second kappa shape index (κ2) is 6.93. The van der Waals surface area contributed by atoms with E-state index in [1.165, 1.54) is 6.20 Å². The molecule has 4 aromatic rings. The molecule has 0 atom stereocenters. The van der Waals surface area contributed by atoms with Gasteiger partial charge in [-0.05, 0) is 19.4 Å². The highest BCUT2D eigenvalue weighted by atomic mass is 16.3. The third-order valence-corrected chi connectivity index (χ3v) is 4.64. The molecule has 4 rings (SSSR count). The van der Waals surface area contributed by atoms with Crippen LogP contribution in [0.15, 0.2) is 53.2 Å². The van der Waals surface area contributed by atoms with Crippen molar-refractivity contribution in [2.75, 3.05) is 5.32 Å². The van der Waals surface area contributed by atoms with E-state index in [0.717, 1.165) is 5.56 Å². The van der Waals surface area contributed by atoms with Gasteiger partial charge in [0.1, 0.15) is 5.52 Å². The predicted molar refractivity (Wildman–Crippen MR) is 106 cm³/mol. The highest BCUT2D eigenvalue weighted by Gasteiger charge is 2.26. The topological polar surface area (TPSA) is 118 Å². The Morgan fingerprint density at radius 3 is 2.62 bits per heavy atom. The lowest BCUT2D eigenvalue weighted by atomic mass is 9.94. The molecular formula is C20H20N6O3. The molecule has 0 saturated heterocycles. The number of nitrogens with one attached hydrogen (secondary N) is 3. The summed E-state index contributed by atoms with van der Waals surface area (Å²) in [6, 6.07) is 11.2. The molecule has 0 aliphatic heterocycles. The van der Waals surface area contributed by atoms with Gasteiger partial charge in [0.15, 0.2) is 23.0 Å². The lowest BCUT2D eigenvalue weighted by molar-refractivity contribution is 0.0885. The first-order valence-corrected chi connectivity index (χ1v) is 9.00. The van der Waals surface area contributed by atoms with Crippen molar-refractivity contribution < 1.29 is 14.0 Å². The summed E-state index contributed by atoms with van der Waals surface area (Å²) in [5, 5.41) is 12.4. The van der Waals surface area contributed by atoms with Crippen LogP contribution in [0.1, 0.15) is 40.6 Å². The van der Waals surface area contributed by atoms with Crippen molar-refractivity contribution in [1.29, 1.82) is 0 Å². The minimum Gasteiger partial charge on any atom is -0.445 e. The molecule has 1 aromatic carbocycles. The summed E-state index contributed by atoms with van der Waals surface area (Å²) < 4.78 is 7.27. The molecule has 9 heteroatoms. The highest BCUT2D eigenvalue weighted by Crippen LogP contribution is 2.26. The van der Waals surface area contributed by atoms with Crippen molar-refractivity contribution in [3.63, 3.8) is 0 Å². The van der Waals surface area contributed by atoms with Gasteiger partial charge in [-0.1, -0.05) is 30.3 Å². The standard InChI is InChI=1S/C20H20N6O3/c1-20(2,12-7-5-4-6-8-12)23-18(27)14-11-13-15(29-14)16(25-24-13)22-19(28)17-21-9-10-26(17)3/h4-11H,1-3H3,(H,23,27)(H2,22,24,25,28). The lowest BCUT2D eigenvalue weighted by Crippen LogP contribution is -2.40. The van der Waals surface area contributed by atoms with Crippen LogP contribution in [0.25, 0.3) is 11.1 Å². The monoisotopic (exact) mass is 392 g/mol. The van der Waals surface area contributed by atoms with E-state index in [1.807, 2.05) is 44.2 Å².